The smallest absolute Gasteiger partial charge is 0.255 e. The van der Waals surface area contributed by atoms with Crippen LogP contribution in [0.3, 0.4) is 0 Å². The van der Waals surface area contributed by atoms with Crippen LogP contribution in [0.1, 0.15) is 17.3 Å². The van der Waals surface area contributed by atoms with Gasteiger partial charge in [0.05, 0.1) is 30.7 Å². The Morgan fingerprint density at radius 3 is 2.79 bits per heavy atom. The number of H-pyrrole nitrogens is 1. The number of amides is 1. The minimum Gasteiger partial charge on any atom is -0.379 e. The first kappa shape index (κ1) is 16.6. The predicted octanol–water partition coefficient (Wildman–Crippen LogP) is 1.67. The van der Waals surface area contributed by atoms with Crippen LogP contribution in [-0.4, -0.2) is 59.9 Å². The number of morpholine rings is 1. The van der Waals surface area contributed by atoms with Gasteiger partial charge in [-0.05, 0) is 31.2 Å². The number of hydrogen-bond acceptors (Lipinski definition) is 4. The van der Waals surface area contributed by atoms with Crippen LogP contribution in [0.4, 0.5) is 4.39 Å². The molecule has 2 N–H and O–H groups in total. The highest BCUT2D eigenvalue weighted by Gasteiger charge is 2.19. The van der Waals surface area contributed by atoms with E-state index in [1.165, 1.54) is 18.3 Å². The Morgan fingerprint density at radius 2 is 2.08 bits per heavy atom. The molecule has 2 heterocycles. The molecule has 1 aliphatic rings. The number of benzene rings is 1. The number of aromatic nitrogens is 2. The molecule has 1 aromatic heterocycles. The highest BCUT2D eigenvalue weighted by Crippen LogP contribution is 2.21. The summed E-state index contributed by atoms with van der Waals surface area (Å²) in [5.74, 6) is -0.507. The Labute approximate surface area is 140 Å². The molecule has 1 atom stereocenters. The third kappa shape index (κ3) is 3.98. The van der Waals surface area contributed by atoms with Crippen molar-refractivity contribution in [2.45, 2.75) is 13.0 Å². The number of ether oxygens (including phenoxy) is 1. The quantitative estimate of drug-likeness (QED) is 0.874. The zero-order valence-electron chi connectivity index (χ0n) is 13.6. The summed E-state index contributed by atoms with van der Waals surface area (Å²) in [5, 5.41) is 9.77. The molecule has 0 saturated carbocycles. The fourth-order valence-corrected chi connectivity index (χ4v) is 2.81. The summed E-state index contributed by atoms with van der Waals surface area (Å²) in [6.45, 7) is 5.98. The zero-order chi connectivity index (χ0) is 16.9. The maximum absolute atomic E-state index is 13.1. The van der Waals surface area contributed by atoms with Crippen LogP contribution in [0, 0.1) is 5.82 Å². The second-order valence-corrected chi connectivity index (χ2v) is 5.95. The van der Waals surface area contributed by atoms with Gasteiger partial charge in [0.15, 0.2) is 0 Å². The largest absolute Gasteiger partial charge is 0.379 e. The molecule has 1 aliphatic heterocycles. The van der Waals surface area contributed by atoms with E-state index in [1.807, 2.05) is 6.92 Å². The molecular formula is C17H21FN4O2. The van der Waals surface area contributed by atoms with Gasteiger partial charge in [-0.3, -0.25) is 14.8 Å². The Kier molecular flexibility index (Phi) is 5.22. The second kappa shape index (κ2) is 7.55. The molecule has 1 saturated heterocycles. The maximum Gasteiger partial charge on any atom is 0.255 e. The summed E-state index contributed by atoms with van der Waals surface area (Å²) >= 11 is 0. The third-order valence-electron chi connectivity index (χ3n) is 4.03. The second-order valence-electron chi connectivity index (χ2n) is 5.95. The van der Waals surface area contributed by atoms with Gasteiger partial charge in [-0.25, -0.2) is 4.39 Å². The Balaban J connectivity index is 1.65. The molecule has 24 heavy (non-hydrogen) atoms. The maximum atomic E-state index is 13.1. The fourth-order valence-electron chi connectivity index (χ4n) is 2.81. The number of carbonyl (C=O) groups excluding carboxylic acids is 1. The lowest BCUT2D eigenvalue weighted by molar-refractivity contribution is 0.0342. The molecular weight excluding hydrogens is 311 g/mol. The first-order chi connectivity index (χ1) is 11.6. The molecule has 1 amide bonds. The van der Waals surface area contributed by atoms with E-state index in [4.69, 9.17) is 4.74 Å². The molecule has 128 valence electrons. The van der Waals surface area contributed by atoms with Crippen LogP contribution in [0.15, 0.2) is 30.5 Å². The van der Waals surface area contributed by atoms with E-state index in [1.54, 1.807) is 12.1 Å². The summed E-state index contributed by atoms with van der Waals surface area (Å²) < 4.78 is 18.4. The van der Waals surface area contributed by atoms with Gasteiger partial charge in [0.2, 0.25) is 0 Å². The van der Waals surface area contributed by atoms with Crippen molar-refractivity contribution in [1.29, 1.82) is 0 Å². The minimum atomic E-state index is -0.316. The van der Waals surface area contributed by atoms with Crippen molar-refractivity contribution >= 4 is 5.91 Å². The van der Waals surface area contributed by atoms with Crippen LogP contribution < -0.4 is 5.32 Å². The third-order valence-corrected chi connectivity index (χ3v) is 4.03. The standard InChI is InChI=1S/C17H21FN4O2/c1-12(11-22-6-8-24-9-7-22)20-17(23)15-10-19-21-16(15)13-2-4-14(18)5-3-13/h2-5,10,12H,6-9,11H2,1H3,(H,19,21)(H,20,23). The summed E-state index contributed by atoms with van der Waals surface area (Å²) in [5.41, 5.74) is 1.77. The molecule has 6 nitrogen and oxygen atoms in total. The molecule has 2 aromatic rings. The van der Waals surface area contributed by atoms with Crippen LogP contribution >= 0.6 is 0 Å². The SMILES string of the molecule is CC(CN1CCOCC1)NC(=O)c1cn[nH]c1-c1ccc(F)cc1. The lowest BCUT2D eigenvalue weighted by atomic mass is 10.1. The van der Waals surface area contributed by atoms with E-state index in [2.05, 4.69) is 20.4 Å². The summed E-state index contributed by atoms with van der Waals surface area (Å²) in [6.07, 6.45) is 1.50. The Morgan fingerprint density at radius 1 is 1.38 bits per heavy atom. The van der Waals surface area contributed by atoms with Crippen molar-refractivity contribution in [3.05, 3.63) is 41.8 Å². The number of aromatic amines is 1. The molecule has 3 rings (SSSR count). The average molecular weight is 332 g/mol. The van der Waals surface area contributed by atoms with Crippen molar-refractivity contribution in [1.82, 2.24) is 20.4 Å². The van der Waals surface area contributed by atoms with Gasteiger partial charge < -0.3 is 10.1 Å². The molecule has 7 heteroatoms. The zero-order valence-corrected chi connectivity index (χ0v) is 13.6. The van der Waals surface area contributed by atoms with Gasteiger partial charge in [0.25, 0.3) is 5.91 Å². The number of hydrogen-bond donors (Lipinski definition) is 2. The van der Waals surface area contributed by atoms with Gasteiger partial charge in [-0.15, -0.1) is 0 Å². The molecule has 0 spiro atoms. The van der Waals surface area contributed by atoms with Crippen LogP contribution in [0.5, 0.6) is 0 Å². The first-order valence-electron chi connectivity index (χ1n) is 8.04. The van der Waals surface area contributed by atoms with Gasteiger partial charge in [-0.2, -0.15) is 5.10 Å². The first-order valence-corrected chi connectivity index (χ1v) is 8.04. The number of carbonyl (C=O) groups is 1. The normalized spacial score (nSPS) is 16.8. The van der Waals surface area contributed by atoms with Crippen LogP contribution in [0.25, 0.3) is 11.3 Å². The number of rotatable bonds is 5. The Hall–Kier alpha value is -2.25. The average Bonchev–Trinajstić information content (AvgIpc) is 3.06. The van der Waals surface area contributed by atoms with Crippen LogP contribution in [-0.2, 0) is 4.74 Å². The van der Waals surface area contributed by atoms with Crippen molar-refractivity contribution < 1.29 is 13.9 Å². The molecule has 1 aromatic carbocycles. The molecule has 1 unspecified atom stereocenters. The molecule has 0 aliphatic carbocycles. The van der Waals surface area contributed by atoms with Gasteiger partial charge >= 0.3 is 0 Å². The monoisotopic (exact) mass is 332 g/mol. The number of halogens is 1. The van der Waals surface area contributed by atoms with E-state index < -0.39 is 0 Å². The summed E-state index contributed by atoms with van der Waals surface area (Å²) in [7, 11) is 0. The minimum absolute atomic E-state index is 0.00608. The molecule has 0 radical (unpaired) electrons. The van der Waals surface area contributed by atoms with Gasteiger partial charge in [0, 0.05) is 31.2 Å². The van der Waals surface area contributed by atoms with E-state index in [0.717, 1.165) is 38.4 Å². The number of nitrogens with one attached hydrogen (secondary N) is 2. The molecule has 0 bridgehead atoms. The number of nitrogens with zero attached hydrogens (tertiary/aromatic N) is 2. The van der Waals surface area contributed by atoms with Crippen molar-refractivity contribution in [2.24, 2.45) is 0 Å². The van der Waals surface area contributed by atoms with Crippen molar-refractivity contribution in [2.75, 3.05) is 32.8 Å². The highest BCUT2D eigenvalue weighted by molar-refractivity contribution is 5.99. The lowest BCUT2D eigenvalue weighted by Gasteiger charge is -2.29. The van der Waals surface area contributed by atoms with Crippen LogP contribution in [0.2, 0.25) is 0 Å². The van der Waals surface area contributed by atoms with Crippen molar-refractivity contribution in [3.8, 4) is 11.3 Å². The molecule has 1 fully saturated rings. The van der Waals surface area contributed by atoms with E-state index in [9.17, 15) is 9.18 Å². The summed E-state index contributed by atoms with van der Waals surface area (Å²) in [6, 6.07) is 5.97. The van der Waals surface area contributed by atoms with Gasteiger partial charge in [0.1, 0.15) is 5.82 Å². The summed E-state index contributed by atoms with van der Waals surface area (Å²) in [4.78, 5) is 14.8. The van der Waals surface area contributed by atoms with Gasteiger partial charge in [-0.1, -0.05) is 0 Å². The topological polar surface area (TPSA) is 70.2 Å². The fraction of sp³-hybridized carbons (Fsp3) is 0.412. The van der Waals surface area contributed by atoms with E-state index in [-0.39, 0.29) is 17.8 Å². The predicted molar refractivity (Wildman–Crippen MR) is 88.2 cm³/mol. The lowest BCUT2D eigenvalue weighted by Crippen LogP contribution is -2.46. The highest BCUT2D eigenvalue weighted by atomic mass is 19.1. The van der Waals surface area contributed by atoms with E-state index >= 15 is 0 Å². The Bertz CT molecular complexity index is 680. The van der Waals surface area contributed by atoms with Crippen molar-refractivity contribution in [3.63, 3.8) is 0 Å². The van der Waals surface area contributed by atoms with E-state index in [0.29, 0.717) is 11.3 Å².